The van der Waals surface area contributed by atoms with Gasteiger partial charge in [-0.25, -0.2) is 0 Å². The maximum absolute atomic E-state index is 11.3. The summed E-state index contributed by atoms with van der Waals surface area (Å²) in [6.45, 7) is 2.04. The lowest BCUT2D eigenvalue weighted by Crippen LogP contribution is -2.17. The highest BCUT2D eigenvalue weighted by Gasteiger charge is 2.16. The molecule has 0 amide bonds. The minimum atomic E-state index is -0.559. The molecule has 0 radical (unpaired) electrons. The first kappa shape index (κ1) is 14.6. The van der Waals surface area contributed by atoms with E-state index in [-0.39, 0.29) is 28.9 Å². The van der Waals surface area contributed by atoms with Gasteiger partial charge in [0.15, 0.2) is 11.5 Å². The fourth-order valence-electron chi connectivity index (χ4n) is 1.48. The first-order chi connectivity index (χ1) is 8.49. The molecule has 0 saturated heterocycles. The highest BCUT2D eigenvalue weighted by Crippen LogP contribution is 2.36. The third-order valence-electron chi connectivity index (χ3n) is 2.39. The van der Waals surface area contributed by atoms with Crippen molar-refractivity contribution in [3.05, 3.63) is 22.7 Å². The summed E-state index contributed by atoms with van der Waals surface area (Å²) in [7, 11) is 1.41. The van der Waals surface area contributed by atoms with Gasteiger partial charge in [0, 0.05) is 6.04 Å². The molecule has 1 aromatic carbocycles. The highest BCUT2D eigenvalue weighted by atomic mass is 35.5. The first-order valence-corrected chi connectivity index (χ1v) is 5.85. The van der Waals surface area contributed by atoms with Crippen LogP contribution < -0.4 is 10.5 Å². The average molecular weight is 274 g/mol. The number of phenolic OH excluding ortho intramolecular Hbond substituents is 1. The minimum Gasteiger partial charge on any atom is -0.503 e. The Morgan fingerprint density at radius 3 is 2.78 bits per heavy atom. The summed E-state index contributed by atoms with van der Waals surface area (Å²) in [5.74, 6) is -0.309. The molecule has 0 spiro atoms. The third kappa shape index (κ3) is 3.51. The van der Waals surface area contributed by atoms with Crippen LogP contribution in [0.2, 0.25) is 5.02 Å². The van der Waals surface area contributed by atoms with E-state index < -0.39 is 6.04 Å². The number of esters is 1. The Labute approximate surface area is 110 Å². The molecule has 0 fully saturated rings. The molecular weight excluding hydrogens is 258 g/mol. The topological polar surface area (TPSA) is 81.8 Å². The Hall–Kier alpha value is -1.46. The van der Waals surface area contributed by atoms with Gasteiger partial charge in [-0.2, -0.15) is 0 Å². The van der Waals surface area contributed by atoms with Gasteiger partial charge in [0.2, 0.25) is 0 Å². The molecule has 18 heavy (non-hydrogen) atoms. The molecule has 0 aliphatic rings. The van der Waals surface area contributed by atoms with Crippen LogP contribution in [0.3, 0.4) is 0 Å². The second kappa shape index (κ2) is 6.47. The molecule has 100 valence electrons. The summed E-state index contributed by atoms with van der Waals surface area (Å²) in [5.41, 5.74) is 6.47. The Morgan fingerprint density at radius 2 is 2.22 bits per heavy atom. The van der Waals surface area contributed by atoms with Crippen LogP contribution >= 0.6 is 11.6 Å². The van der Waals surface area contributed by atoms with Crippen LogP contribution in [0.5, 0.6) is 11.5 Å². The molecule has 1 rings (SSSR count). The average Bonchev–Trinajstić information content (AvgIpc) is 2.32. The number of ether oxygens (including phenoxy) is 2. The standard InChI is InChI=1S/C12H16ClNO4/c1-3-18-11(15)6-9(14)7-4-8(13)12(16)10(5-7)17-2/h4-5,9,16H,3,6,14H2,1-2H3/t9-/m1/s1. The van der Waals surface area contributed by atoms with Crippen molar-refractivity contribution >= 4 is 17.6 Å². The van der Waals surface area contributed by atoms with Crippen LogP contribution in [0.15, 0.2) is 12.1 Å². The predicted octanol–water partition coefficient (Wildman–Crippen LogP) is 2.01. The van der Waals surface area contributed by atoms with Crippen molar-refractivity contribution < 1.29 is 19.4 Å². The second-order valence-electron chi connectivity index (χ2n) is 3.67. The van der Waals surface area contributed by atoms with Gasteiger partial charge in [0.25, 0.3) is 0 Å². The minimum absolute atomic E-state index is 0.0398. The maximum atomic E-state index is 11.3. The smallest absolute Gasteiger partial charge is 0.307 e. The van der Waals surface area contributed by atoms with E-state index in [1.54, 1.807) is 13.0 Å². The molecule has 5 nitrogen and oxygen atoms in total. The molecule has 0 unspecified atom stereocenters. The summed E-state index contributed by atoms with van der Waals surface area (Å²) in [5, 5.41) is 9.71. The van der Waals surface area contributed by atoms with Crippen LogP contribution in [0, 0.1) is 0 Å². The van der Waals surface area contributed by atoms with E-state index in [9.17, 15) is 9.90 Å². The van der Waals surface area contributed by atoms with Gasteiger partial charge in [-0.15, -0.1) is 0 Å². The summed E-state index contributed by atoms with van der Waals surface area (Å²) in [6.07, 6.45) is 0.0398. The van der Waals surface area contributed by atoms with Crippen LogP contribution in [0.4, 0.5) is 0 Å². The molecule has 6 heteroatoms. The number of hydrogen-bond donors (Lipinski definition) is 2. The normalized spacial score (nSPS) is 12.0. The number of phenols is 1. The summed E-state index contributed by atoms with van der Waals surface area (Å²) in [4.78, 5) is 11.3. The molecule has 0 aliphatic carbocycles. The van der Waals surface area contributed by atoms with Crippen LogP contribution in [-0.2, 0) is 9.53 Å². The van der Waals surface area contributed by atoms with Crippen molar-refractivity contribution in [3.8, 4) is 11.5 Å². The Balaban J connectivity index is 2.89. The Bertz CT molecular complexity index is 436. The van der Waals surface area contributed by atoms with E-state index in [1.165, 1.54) is 13.2 Å². The molecule has 0 aliphatic heterocycles. The number of nitrogens with two attached hydrogens (primary N) is 1. The molecule has 0 bridgehead atoms. The van der Waals surface area contributed by atoms with Gasteiger partial charge in [0.05, 0.1) is 25.2 Å². The van der Waals surface area contributed by atoms with Crippen molar-refractivity contribution in [2.75, 3.05) is 13.7 Å². The molecule has 0 saturated carbocycles. The highest BCUT2D eigenvalue weighted by molar-refractivity contribution is 6.32. The molecule has 1 atom stereocenters. The second-order valence-corrected chi connectivity index (χ2v) is 4.08. The fraction of sp³-hybridized carbons (Fsp3) is 0.417. The maximum Gasteiger partial charge on any atom is 0.307 e. The van der Waals surface area contributed by atoms with E-state index in [2.05, 4.69) is 0 Å². The largest absolute Gasteiger partial charge is 0.503 e. The van der Waals surface area contributed by atoms with Gasteiger partial charge in [-0.1, -0.05) is 11.6 Å². The van der Waals surface area contributed by atoms with E-state index in [4.69, 9.17) is 26.8 Å². The van der Waals surface area contributed by atoms with Crippen molar-refractivity contribution in [3.63, 3.8) is 0 Å². The number of carbonyl (C=O) groups is 1. The summed E-state index contributed by atoms with van der Waals surface area (Å²) < 4.78 is 9.77. The zero-order chi connectivity index (χ0) is 13.7. The zero-order valence-electron chi connectivity index (χ0n) is 10.3. The summed E-state index contributed by atoms with van der Waals surface area (Å²) >= 11 is 5.84. The van der Waals surface area contributed by atoms with Gasteiger partial charge < -0.3 is 20.3 Å². The Morgan fingerprint density at radius 1 is 1.56 bits per heavy atom. The van der Waals surface area contributed by atoms with Crippen molar-refractivity contribution in [1.29, 1.82) is 0 Å². The zero-order valence-corrected chi connectivity index (χ0v) is 11.0. The fourth-order valence-corrected chi connectivity index (χ4v) is 1.70. The lowest BCUT2D eigenvalue weighted by molar-refractivity contribution is -0.143. The third-order valence-corrected chi connectivity index (χ3v) is 2.68. The molecule has 0 heterocycles. The van der Waals surface area contributed by atoms with E-state index in [0.717, 1.165) is 0 Å². The van der Waals surface area contributed by atoms with Gasteiger partial charge in [0.1, 0.15) is 0 Å². The lowest BCUT2D eigenvalue weighted by atomic mass is 10.0. The number of benzene rings is 1. The van der Waals surface area contributed by atoms with Crippen LogP contribution in [0.1, 0.15) is 24.9 Å². The monoisotopic (exact) mass is 273 g/mol. The molecular formula is C12H16ClNO4. The van der Waals surface area contributed by atoms with Crippen LogP contribution in [0.25, 0.3) is 0 Å². The van der Waals surface area contributed by atoms with E-state index in [1.807, 2.05) is 0 Å². The number of halogens is 1. The predicted molar refractivity (Wildman–Crippen MR) is 67.8 cm³/mol. The van der Waals surface area contributed by atoms with Crippen molar-refractivity contribution in [2.24, 2.45) is 5.73 Å². The van der Waals surface area contributed by atoms with Crippen LogP contribution in [-0.4, -0.2) is 24.8 Å². The quantitative estimate of drug-likeness (QED) is 0.802. The van der Waals surface area contributed by atoms with Gasteiger partial charge in [-0.05, 0) is 24.6 Å². The van der Waals surface area contributed by atoms with E-state index in [0.29, 0.717) is 12.2 Å². The number of hydrogen-bond acceptors (Lipinski definition) is 5. The van der Waals surface area contributed by atoms with Gasteiger partial charge >= 0.3 is 5.97 Å². The molecule has 1 aromatic rings. The first-order valence-electron chi connectivity index (χ1n) is 5.47. The molecule has 3 N–H and O–H groups in total. The molecule has 0 aromatic heterocycles. The van der Waals surface area contributed by atoms with E-state index >= 15 is 0 Å². The summed E-state index contributed by atoms with van der Waals surface area (Å²) in [6, 6.07) is 2.49. The lowest BCUT2D eigenvalue weighted by Gasteiger charge is -2.14. The van der Waals surface area contributed by atoms with Crippen molar-refractivity contribution in [1.82, 2.24) is 0 Å². The van der Waals surface area contributed by atoms with Gasteiger partial charge in [-0.3, -0.25) is 4.79 Å². The Kier molecular flexibility index (Phi) is 5.25. The SMILES string of the molecule is CCOC(=O)C[C@@H](N)c1cc(Cl)c(O)c(OC)c1. The number of carbonyl (C=O) groups excluding carboxylic acids is 1. The van der Waals surface area contributed by atoms with Crippen molar-refractivity contribution in [2.45, 2.75) is 19.4 Å². The number of methoxy groups -OCH3 is 1. The number of rotatable bonds is 5. The number of aromatic hydroxyl groups is 1.